The van der Waals surface area contributed by atoms with Crippen LogP contribution in [0.5, 0.6) is 17.2 Å². The number of hydrogen-bond donors (Lipinski definition) is 2. The van der Waals surface area contributed by atoms with Crippen LogP contribution in [-0.4, -0.2) is 23.3 Å². The Labute approximate surface area is 141 Å². The average Bonchev–Trinajstić information content (AvgIpc) is 2.58. The SMILES string of the molecule is COc1ccc2c(COC(=O)c3ccc(O)cc3O)cc(=O)oc2c1. The second-order valence-corrected chi connectivity index (χ2v) is 5.23. The molecule has 1 heterocycles. The second kappa shape index (κ2) is 6.56. The van der Waals surface area contributed by atoms with E-state index in [4.69, 9.17) is 13.9 Å². The van der Waals surface area contributed by atoms with Crippen molar-refractivity contribution in [2.45, 2.75) is 6.61 Å². The van der Waals surface area contributed by atoms with Gasteiger partial charge in [-0.1, -0.05) is 0 Å². The van der Waals surface area contributed by atoms with Crippen LogP contribution < -0.4 is 10.4 Å². The van der Waals surface area contributed by atoms with Crippen LogP contribution >= 0.6 is 0 Å². The Bertz CT molecular complexity index is 1000. The monoisotopic (exact) mass is 342 g/mol. The summed E-state index contributed by atoms with van der Waals surface area (Å²) in [5.41, 5.74) is 0.0944. The molecule has 0 bridgehead atoms. The van der Waals surface area contributed by atoms with Crippen LogP contribution in [0.1, 0.15) is 15.9 Å². The second-order valence-electron chi connectivity index (χ2n) is 5.23. The Kier molecular flexibility index (Phi) is 4.30. The van der Waals surface area contributed by atoms with Crippen LogP contribution in [0.4, 0.5) is 0 Å². The van der Waals surface area contributed by atoms with E-state index in [1.807, 2.05) is 0 Å². The molecule has 0 aliphatic carbocycles. The first-order chi connectivity index (χ1) is 12.0. The van der Waals surface area contributed by atoms with Crippen molar-refractivity contribution >= 4 is 16.9 Å². The molecule has 7 heteroatoms. The van der Waals surface area contributed by atoms with Crippen molar-refractivity contribution in [2.24, 2.45) is 0 Å². The van der Waals surface area contributed by atoms with Crippen molar-refractivity contribution < 1.29 is 28.9 Å². The molecular formula is C18H14O7. The average molecular weight is 342 g/mol. The predicted octanol–water partition coefficient (Wildman–Crippen LogP) is 2.57. The molecule has 0 amide bonds. The van der Waals surface area contributed by atoms with Gasteiger partial charge in [0, 0.05) is 29.1 Å². The van der Waals surface area contributed by atoms with Crippen LogP contribution in [0.3, 0.4) is 0 Å². The molecule has 0 saturated carbocycles. The van der Waals surface area contributed by atoms with Crippen LogP contribution in [0.2, 0.25) is 0 Å². The number of carbonyl (C=O) groups excluding carboxylic acids is 1. The minimum atomic E-state index is -0.785. The highest BCUT2D eigenvalue weighted by atomic mass is 16.5. The van der Waals surface area contributed by atoms with E-state index in [0.29, 0.717) is 22.3 Å². The molecule has 2 aromatic carbocycles. The number of hydrogen-bond acceptors (Lipinski definition) is 7. The Morgan fingerprint density at radius 1 is 1.12 bits per heavy atom. The zero-order chi connectivity index (χ0) is 18.0. The Morgan fingerprint density at radius 3 is 2.64 bits per heavy atom. The van der Waals surface area contributed by atoms with Gasteiger partial charge in [0.1, 0.15) is 35.0 Å². The standard InChI is InChI=1S/C18H14O7/c1-23-12-3-5-13-10(6-17(21)25-16(13)8-12)9-24-18(22)14-4-2-11(19)7-15(14)20/h2-8,19-20H,9H2,1H3. The molecule has 1 aromatic heterocycles. The summed E-state index contributed by atoms with van der Waals surface area (Å²) >= 11 is 0. The maximum absolute atomic E-state index is 12.1. The van der Waals surface area contributed by atoms with E-state index in [0.717, 1.165) is 6.07 Å². The third kappa shape index (κ3) is 3.40. The lowest BCUT2D eigenvalue weighted by Gasteiger charge is -2.09. The first-order valence-electron chi connectivity index (χ1n) is 7.28. The summed E-state index contributed by atoms with van der Waals surface area (Å²) in [6, 6.07) is 9.73. The van der Waals surface area contributed by atoms with Crippen molar-refractivity contribution in [3.8, 4) is 17.2 Å². The quantitative estimate of drug-likeness (QED) is 0.554. The number of phenolic OH excluding ortho intramolecular Hbond substituents is 2. The largest absolute Gasteiger partial charge is 0.508 e. The van der Waals surface area contributed by atoms with Gasteiger partial charge in [0.05, 0.1) is 7.11 Å². The van der Waals surface area contributed by atoms with E-state index < -0.39 is 17.3 Å². The lowest BCUT2D eigenvalue weighted by molar-refractivity contribution is 0.0470. The van der Waals surface area contributed by atoms with Gasteiger partial charge in [-0.15, -0.1) is 0 Å². The molecule has 128 valence electrons. The molecule has 0 atom stereocenters. The van der Waals surface area contributed by atoms with Crippen molar-refractivity contribution in [2.75, 3.05) is 7.11 Å². The third-order valence-electron chi connectivity index (χ3n) is 3.60. The topological polar surface area (TPSA) is 106 Å². The fourth-order valence-electron chi connectivity index (χ4n) is 2.37. The number of esters is 1. The number of phenols is 2. The van der Waals surface area contributed by atoms with Gasteiger partial charge in [-0.25, -0.2) is 9.59 Å². The minimum absolute atomic E-state index is 0.0910. The number of aromatic hydroxyl groups is 2. The highest BCUT2D eigenvalue weighted by Gasteiger charge is 2.15. The van der Waals surface area contributed by atoms with E-state index in [-0.39, 0.29) is 17.9 Å². The smallest absolute Gasteiger partial charge is 0.342 e. The molecule has 2 N–H and O–H groups in total. The number of methoxy groups -OCH3 is 1. The van der Waals surface area contributed by atoms with Crippen LogP contribution in [-0.2, 0) is 11.3 Å². The lowest BCUT2D eigenvalue weighted by Crippen LogP contribution is -2.08. The summed E-state index contributed by atoms with van der Waals surface area (Å²) in [7, 11) is 1.50. The van der Waals surface area contributed by atoms with Gasteiger partial charge in [0.15, 0.2) is 0 Å². The number of ether oxygens (including phenoxy) is 2. The number of benzene rings is 2. The molecule has 25 heavy (non-hydrogen) atoms. The van der Waals surface area contributed by atoms with Crippen LogP contribution in [0.15, 0.2) is 51.7 Å². The van der Waals surface area contributed by atoms with E-state index in [1.165, 1.54) is 25.3 Å². The summed E-state index contributed by atoms with van der Waals surface area (Å²) < 4.78 is 15.4. The molecule has 0 aliphatic rings. The first kappa shape index (κ1) is 16.4. The predicted molar refractivity (Wildman–Crippen MR) is 87.9 cm³/mol. The third-order valence-corrected chi connectivity index (χ3v) is 3.60. The number of rotatable bonds is 4. The molecule has 0 unspecified atom stereocenters. The fourth-order valence-corrected chi connectivity index (χ4v) is 2.37. The molecule has 3 aromatic rings. The van der Waals surface area contributed by atoms with Gasteiger partial charge < -0.3 is 24.1 Å². The van der Waals surface area contributed by atoms with Gasteiger partial charge in [0.25, 0.3) is 0 Å². The Balaban J connectivity index is 1.88. The minimum Gasteiger partial charge on any atom is -0.508 e. The van der Waals surface area contributed by atoms with E-state index in [9.17, 15) is 19.8 Å². The molecule has 0 radical (unpaired) electrons. The van der Waals surface area contributed by atoms with E-state index >= 15 is 0 Å². The number of fused-ring (bicyclic) bond motifs is 1. The normalized spacial score (nSPS) is 10.6. The molecule has 7 nitrogen and oxygen atoms in total. The van der Waals surface area contributed by atoms with E-state index in [2.05, 4.69) is 0 Å². The Morgan fingerprint density at radius 2 is 1.92 bits per heavy atom. The summed E-state index contributed by atoms with van der Waals surface area (Å²) in [4.78, 5) is 23.8. The van der Waals surface area contributed by atoms with Gasteiger partial charge >= 0.3 is 11.6 Å². The van der Waals surface area contributed by atoms with Gasteiger partial charge in [0.2, 0.25) is 0 Å². The van der Waals surface area contributed by atoms with Crippen molar-refractivity contribution in [3.05, 3.63) is 64.0 Å². The number of carbonyl (C=O) groups is 1. The lowest BCUT2D eigenvalue weighted by atomic mass is 10.1. The van der Waals surface area contributed by atoms with Crippen LogP contribution in [0, 0.1) is 0 Å². The maximum Gasteiger partial charge on any atom is 0.342 e. The molecule has 0 aliphatic heterocycles. The fraction of sp³-hybridized carbons (Fsp3) is 0.111. The molecule has 0 saturated heterocycles. The van der Waals surface area contributed by atoms with Crippen molar-refractivity contribution in [3.63, 3.8) is 0 Å². The van der Waals surface area contributed by atoms with Gasteiger partial charge in [-0.2, -0.15) is 0 Å². The van der Waals surface area contributed by atoms with E-state index in [1.54, 1.807) is 18.2 Å². The molecular weight excluding hydrogens is 328 g/mol. The maximum atomic E-state index is 12.1. The highest BCUT2D eigenvalue weighted by Crippen LogP contribution is 2.25. The van der Waals surface area contributed by atoms with Gasteiger partial charge in [-0.05, 0) is 24.3 Å². The molecule has 0 spiro atoms. The molecule has 0 fully saturated rings. The van der Waals surface area contributed by atoms with Crippen LogP contribution in [0.25, 0.3) is 11.0 Å². The summed E-state index contributed by atoms with van der Waals surface area (Å²) in [5.74, 6) is -0.826. The summed E-state index contributed by atoms with van der Waals surface area (Å²) in [6.45, 7) is -0.187. The highest BCUT2D eigenvalue weighted by molar-refractivity contribution is 5.92. The Hall–Kier alpha value is -3.48. The first-order valence-corrected chi connectivity index (χ1v) is 7.28. The summed E-state index contributed by atoms with van der Waals surface area (Å²) in [6.07, 6.45) is 0. The zero-order valence-electron chi connectivity index (χ0n) is 13.2. The van der Waals surface area contributed by atoms with Crippen molar-refractivity contribution in [1.29, 1.82) is 0 Å². The molecule has 3 rings (SSSR count). The zero-order valence-corrected chi connectivity index (χ0v) is 13.2. The van der Waals surface area contributed by atoms with Gasteiger partial charge in [-0.3, -0.25) is 0 Å². The summed E-state index contributed by atoms with van der Waals surface area (Å²) in [5, 5.41) is 19.5. The van der Waals surface area contributed by atoms with Crippen molar-refractivity contribution in [1.82, 2.24) is 0 Å².